The molecule has 2 nitrogen and oxygen atoms in total. The summed E-state index contributed by atoms with van der Waals surface area (Å²) in [5.74, 6) is -0.876. The Morgan fingerprint density at radius 2 is 1.77 bits per heavy atom. The Balaban J connectivity index is 4.33. The first-order valence-electron chi connectivity index (χ1n) is 3.61. The van der Waals surface area contributed by atoms with Crippen LogP contribution in [-0.2, 0) is 4.79 Å². The number of carbonyl (C=O) groups is 1. The Bertz CT molecular complexity index is 216. The predicted octanol–water partition coefficient (Wildman–Crippen LogP) is 3.41. The van der Waals surface area contributed by atoms with E-state index in [4.69, 9.17) is 39.9 Å². The van der Waals surface area contributed by atoms with Crippen molar-refractivity contribution in [3.8, 4) is 0 Å². The SMILES string of the molecule is CC(C)(/C=C/C(Cl)(Cl)Cl)CC(=O)O. The van der Waals surface area contributed by atoms with E-state index in [0.717, 1.165) is 0 Å². The van der Waals surface area contributed by atoms with E-state index in [1.165, 1.54) is 6.08 Å². The number of carboxylic acid groups (broad SMARTS) is 1. The third-order valence-corrected chi connectivity index (χ3v) is 1.71. The van der Waals surface area contributed by atoms with E-state index in [1.807, 2.05) is 0 Å². The highest BCUT2D eigenvalue weighted by molar-refractivity contribution is 6.68. The molecule has 0 aromatic heterocycles. The van der Waals surface area contributed by atoms with Crippen LogP contribution in [0, 0.1) is 5.41 Å². The minimum Gasteiger partial charge on any atom is -0.481 e. The highest BCUT2D eigenvalue weighted by Crippen LogP contribution is 2.31. The quantitative estimate of drug-likeness (QED) is 0.611. The topological polar surface area (TPSA) is 37.3 Å². The molecule has 0 aliphatic rings. The molecule has 0 aliphatic carbocycles. The van der Waals surface area contributed by atoms with Gasteiger partial charge < -0.3 is 5.11 Å². The maximum atomic E-state index is 10.4. The van der Waals surface area contributed by atoms with Gasteiger partial charge in [-0.3, -0.25) is 4.79 Å². The molecule has 0 bridgehead atoms. The number of alkyl halides is 3. The zero-order chi connectivity index (χ0) is 10.7. The Morgan fingerprint density at radius 3 is 2.08 bits per heavy atom. The average Bonchev–Trinajstić information content (AvgIpc) is 1.79. The third-order valence-electron chi connectivity index (χ3n) is 1.33. The second-order valence-corrected chi connectivity index (χ2v) is 5.80. The van der Waals surface area contributed by atoms with Crippen LogP contribution in [0.15, 0.2) is 12.2 Å². The number of aliphatic carboxylic acids is 1. The van der Waals surface area contributed by atoms with Gasteiger partial charge in [-0.25, -0.2) is 0 Å². The number of halogens is 3. The third kappa shape index (κ3) is 8.41. The summed E-state index contributed by atoms with van der Waals surface area (Å²) in [5.41, 5.74) is -0.504. The molecule has 0 saturated carbocycles. The zero-order valence-corrected chi connectivity index (χ0v) is 9.62. The summed E-state index contributed by atoms with van der Waals surface area (Å²) in [6.45, 7) is 3.52. The van der Waals surface area contributed by atoms with Gasteiger partial charge in [0.2, 0.25) is 3.79 Å². The molecule has 76 valence electrons. The molecule has 0 amide bonds. The Hall–Kier alpha value is 0.0800. The maximum absolute atomic E-state index is 10.4. The second kappa shape index (κ2) is 4.54. The van der Waals surface area contributed by atoms with Crippen LogP contribution in [0.5, 0.6) is 0 Å². The first-order chi connectivity index (χ1) is 5.62. The monoisotopic (exact) mass is 244 g/mol. The van der Waals surface area contributed by atoms with E-state index in [0.29, 0.717) is 0 Å². The molecule has 0 heterocycles. The molecule has 0 rings (SSSR count). The van der Waals surface area contributed by atoms with E-state index in [1.54, 1.807) is 19.9 Å². The van der Waals surface area contributed by atoms with Gasteiger partial charge in [-0.2, -0.15) is 0 Å². The first kappa shape index (κ1) is 13.1. The van der Waals surface area contributed by atoms with Gasteiger partial charge in [0.25, 0.3) is 0 Å². The van der Waals surface area contributed by atoms with Crippen molar-refractivity contribution in [3.05, 3.63) is 12.2 Å². The van der Waals surface area contributed by atoms with E-state index in [9.17, 15) is 4.79 Å². The predicted molar refractivity (Wildman–Crippen MR) is 55.5 cm³/mol. The number of carboxylic acids is 1. The van der Waals surface area contributed by atoms with Crippen LogP contribution >= 0.6 is 34.8 Å². The second-order valence-electron chi connectivity index (χ2n) is 3.43. The van der Waals surface area contributed by atoms with Crippen molar-refractivity contribution < 1.29 is 9.90 Å². The molecule has 0 aromatic rings. The van der Waals surface area contributed by atoms with Gasteiger partial charge in [-0.15, -0.1) is 0 Å². The number of hydrogen-bond acceptors (Lipinski definition) is 1. The van der Waals surface area contributed by atoms with Crippen LogP contribution in [0.3, 0.4) is 0 Å². The van der Waals surface area contributed by atoms with Crippen LogP contribution in [0.25, 0.3) is 0 Å². The highest BCUT2D eigenvalue weighted by atomic mass is 35.6. The molecule has 5 heteroatoms. The fourth-order valence-corrected chi connectivity index (χ4v) is 0.958. The van der Waals surface area contributed by atoms with E-state index in [2.05, 4.69) is 0 Å². The van der Waals surface area contributed by atoms with Crippen molar-refractivity contribution in [2.45, 2.75) is 24.1 Å². The van der Waals surface area contributed by atoms with E-state index in [-0.39, 0.29) is 6.42 Å². The van der Waals surface area contributed by atoms with E-state index < -0.39 is 15.2 Å². The number of rotatable bonds is 3. The maximum Gasteiger partial charge on any atom is 0.304 e. The molecule has 0 atom stereocenters. The summed E-state index contributed by atoms with van der Waals surface area (Å²) in [6.07, 6.45) is 2.96. The normalized spacial score (nSPS) is 13.6. The molecule has 0 unspecified atom stereocenters. The summed E-state index contributed by atoms with van der Waals surface area (Å²) in [6, 6.07) is 0. The van der Waals surface area contributed by atoms with Crippen molar-refractivity contribution >= 4 is 40.8 Å². The summed E-state index contributed by atoms with van der Waals surface area (Å²) >= 11 is 16.4. The van der Waals surface area contributed by atoms with Crippen LogP contribution < -0.4 is 0 Å². The van der Waals surface area contributed by atoms with Crippen LogP contribution in [0.2, 0.25) is 0 Å². The molecule has 0 aromatic carbocycles. The molecule has 0 radical (unpaired) electrons. The fraction of sp³-hybridized carbons (Fsp3) is 0.625. The van der Waals surface area contributed by atoms with Crippen molar-refractivity contribution in [1.29, 1.82) is 0 Å². The van der Waals surface area contributed by atoms with Gasteiger partial charge in [-0.1, -0.05) is 54.7 Å². The highest BCUT2D eigenvalue weighted by Gasteiger charge is 2.21. The number of allylic oxidation sites excluding steroid dienone is 2. The van der Waals surface area contributed by atoms with Crippen LogP contribution in [-0.4, -0.2) is 14.9 Å². The molecule has 1 N–H and O–H groups in total. The Kier molecular flexibility index (Phi) is 4.56. The lowest BCUT2D eigenvalue weighted by molar-refractivity contribution is -0.138. The van der Waals surface area contributed by atoms with Crippen molar-refractivity contribution in [2.75, 3.05) is 0 Å². The van der Waals surface area contributed by atoms with Crippen LogP contribution in [0.1, 0.15) is 20.3 Å². The van der Waals surface area contributed by atoms with E-state index >= 15 is 0 Å². The zero-order valence-electron chi connectivity index (χ0n) is 7.35. The standard InChI is InChI=1S/C8H11Cl3O2/c1-7(2,5-6(12)13)3-4-8(9,10)11/h3-4H,5H2,1-2H3,(H,12,13)/b4-3+. The van der Waals surface area contributed by atoms with Gasteiger partial charge in [0.15, 0.2) is 0 Å². The lowest BCUT2D eigenvalue weighted by Crippen LogP contribution is -2.14. The van der Waals surface area contributed by atoms with Gasteiger partial charge in [-0.05, 0) is 11.5 Å². The molecule has 13 heavy (non-hydrogen) atoms. The lowest BCUT2D eigenvalue weighted by Gasteiger charge is -2.18. The molecule has 0 aliphatic heterocycles. The fourth-order valence-electron chi connectivity index (χ4n) is 0.769. The largest absolute Gasteiger partial charge is 0.481 e. The summed E-state index contributed by atoms with van der Waals surface area (Å²) in [5, 5.41) is 8.55. The summed E-state index contributed by atoms with van der Waals surface area (Å²) in [7, 11) is 0. The Morgan fingerprint density at radius 1 is 1.31 bits per heavy atom. The summed E-state index contributed by atoms with van der Waals surface area (Å²) < 4.78 is -1.46. The number of hydrogen-bond donors (Lipinski definition) is 1. The average molecular weight is 246 g/mol. The molecular weight excluding hydrogens is 234 g/mol. The minimum atomic E-state index is -1.46. The van der Waals surface area contributed by atoms with Crippen LogP contribution in [0.4, 0.5) is 0 Å². The molecular formula is C8H11Cl3O2. The summed E-state index contributed by atoms with van der Waals surface area (Å²) in [4.78, 5) is 10.4. The van der Waals surface area contributed by atoms with Gasteiger partial charge in [0.05, 0.1) is 6.42 Å². The minimum absolute atomic E-state index is 0.00421. The van der Waals surface area contributed by atoms with Crippen molar-refractivity contribution in [2.24, 2.45) is 5.41 Å². The Labute approximate surface area is 92.5 Å². The molecule has 0 fully saturated rings. The van der Waals surface area contributed by atoms with Crippen molar-refractivity contribution in [1.82, 2.24) is 0 Å². The first-order valence-corrected chi connectivity index (χ1v) is 4.75. The van der Waals surface area contributed by atoms with Gasteiger partial charge in [0.1, 0.15) is 0 Å². The lowest BCUT2D eigenvalue weighted by atomic mass is 9.89. The van der Waals surface area contributed by atoms with Crippen molar-refractivity contribution in [3.63, 3.8) is 0 Å². The molecule has 0 spiro atoms. The molecule has 0 saturated heterocycles. The smallest absolute Gasteiger partial charge is 0.304 e. The van der Waals surface area contributed by atoms with Gasteiger partial charge in [0, 0.05) is 0 Å². The van der Waals surface area contributed by atoms with Gasteiger partial charge >= 0.3 is 5.97 Å².